The molecule has 3 atom stereocenters. The number of halogens is 1. The molecule has 1 aromatic carbocycles. The van der Waals surface area contributed by atoms with E-state index >= 15 is 0 Å². The highest BCUT2D eigenvalue weighted by Gasteiger charge is 2.33. The number of carbonyl (C=O) groups excluding carboxylic acids is 1. The van der Waals surface area contributed by atoms with Gasteiger partial charge in [0.2, 0.25) is 5.91 Å². The SMILES string of the molecule is Cl.NC1CCCC(C(=O)N(CCc2ccccc2)C2CCOC2)C1. The molecule has 1 saturated heterocycles. The van der Waals surface area contributed by atoms with Crippen molar-refractivity contribution >= 4 is 18.3 Å². The lowest BCUT2D eigenvalue weighted by Crippen LogP contribution is -2.47. The van der Waals surface area contributed by atoms with Crippen LogP contribution in [0.1, 0.15) is 37.7 Å². The molecule has 134 valence electrons. The van der Waals surface area contributed by atoms with Crippen LogP contribution in [0.15, 0.2) is 30.3 Å². The van der Waals surface area contributed by atoms with Gasteiger partial charge in [0.25, 0.3) is 0 Å². The molecule has 1 aliphatic carbocycles. The molecule has 0 bridgehead atoms. The van der Waals surface area contributed by atoms with Crippen LogP contribution in [0.5, 0.6) is 0 Å². The number of ether oxygens (including phenoxy) is 1. The van der Waals surface area contributed by atoms with Gasteiger partial charge in [0.15, 0.2) is 0 Å². The Morgan fingerprint density at radius 1 is 1.21 bits per heavy atom. The third-order valence-electron chi connectivity index (χ3n) is 5.18. The zero-order chi connectivity index (χ0) is 16.1. The first-order valence-corrected chi connectivity index (χ1v) is 8.92. The average molecular weight is 353 g/mol. The van der Waals surface area contributed by atoms with Gasteiger partial charge < -0.3 is 15.4 Å². The Morgan fingerprint density at radius 2 is 2.00 bits per heavy atom. The van der Waals surface area contributed by atoms with Gasteiger partial charge in [-0.25, -0.2) is 0 Å². The maximum absolute atomic E-state index is 13.1. The fourth-order valence-corrected chi connectivity index (χ4v) is 3.82. The van der Waals surface area contributed by atoms with Crippen LogP contribution >= 0.6 is 12.4 Å². The number of benzene rings is 1. The van der Waals surface area contributed by atoms with Gasteiger partial charge in [0.05, 0.1) is 12.6 Å². The van der Waals surface area contributed by atoms with Gasteiger partial charge in [0, 0.05) is 25.1 Å². The fourth-order valence-electron chi connectivity index (χ4n) is 3.82. The molecular weight excluding hydrogens is 324 g/mol. The lowest BCUT2D eigenvalue weighted by Gasteiger charge is -2.34. The number of amides is 1. The largest absolute Gasteiger partial charge is 0.379 e. The van der Waals surface area contributed by atoms with Crippen molar-refractivity contribution in [2.24, 2.45) is 11.7 Å². The van der Waals surface area contributed by atoms with Crippen molar-refractivity contribution in [1.82, 2.24) is 4.90 Å². The summed E-state index contributed by atoms with van der Waals surface area (Å²) in [5, 5.41) is 0. The van der Waals surface area contributed by atoms with Crippen LogP contribution in [0, 0.1) is 5.92 Å². The van der Waals surface area contributed by atoms with Gasteiger partial charge in [-0.2, -0.15) is 0 Å². The minimum Gasteiger partial charge on any atom is -0.379 e. The molecule has 2 fully saturated rings. The van der Waals surface area contributed by atoms with Crippen LogP contribution in [0.4, 0.5) is 0 Å². The minimum absolute atomic E-state index is 0. The Labute approximate surface area is 151 Å². The average Bonchev–Trinajstić information content (AvgIpc) is 3.10. The molecule has 0 spiro atoms. The monoisotopic (exact) mass is 352 g/mol. The maximum atomic E-state index is 13.1. The molecule has 3 unspecified atom stereocenters. The smallest absolute Gasteiger partial charge is 0.226 e. The number of rotatable bonds is 5. The Hall–Kier alpha value is -1.10. The molecule has 1 amide bonds. The van der Waals surface area contributed by atoms with Crippen molar-refractivity contribution in [1.29, 1.82) is 0 Å². The van der Waals surface area contributed by atoms with Gasteiger partial charge in [-0.3, -0.25) is 4.79 Å². The summed E-state index contributed by atoms with van der Waals surface area (Å²) in [7, 11) is 0. The highest BCUT2D eigenvalue weighted by Crippen LogP contribution is 2.27. The van der Waals surface area contributed by atoms with E-state index in [1.54, 1.807) is 0 Å². The zero-order valence-corrected chi connectivity index (χ0v) is 15.0. The van der Waals surface area contributed by atoms with Crippen LogP contribution in [0.3, 0.4) is 0 Å². The van der Waals surface area contributed by atoms with Crippen molar-refractivity contribution in [3.05, 3.63) is 35.9 Å². The van der Waals surface area contributed by atoms with E-state index in [1.165, 1.54) is 5.56 Å². The van der Waals surface area contributed by atoms with E-state index < -0.39 is 0 Å². The highest BCUT2D eigenvalue weighted by molar-refractivity contribution is 5.85. The van der Waals surface area contributed by atoms with E-state index in [1.807, 2.05) is 6.07 Å². The van der Waals surface area contributed by atoms with E-state index in [2.05, 4.69) is 29.2 Å². The van der Waals surface area contributed by atoms with Gasteiger partial charge in [-0.05, 0) is 37.7 Å². The molecular formula is C19H29ClN2O2. The minimum atomic E-state index is 0. The molecule has 2 N–H and O–H groups in total. The normalized spacial score (nSPS) is 26.6. The predicted molar refractivity (Wildman–Crippen MR) is 98.3 cm³/mol. The fraction of sp³-hybridized carbons (Fsp3) is 0.632. The quantitative estimate of drug-likeness (QED) is 0.886. The second kappa shape index (κ2) is 9.40. The van der Waals surface area contributed by atoms with Gasteiger partial charge in [0.1, 0.15) is 0 Å². The first-order chi connectivity index (χ1) is 11.2. The summed E-state index contributed by atoms with van der Waals surface area (Å²) in [5.74, 6) is 0.404. The Kier molecular flexibility index (Phi) is 7.53. The second-order valence-electron chi connectivity index (χ2n) is 6.91. The molecule has 1 aromatic rings. The van der Waals surface area contributed by atoms with Crippen LogP contribution in [-0.4, -0.2) is 42.6 Å². The number of hydrogen-bond acceptors (Lipinski definition) is 3. The highest BCUT2D eigenvalue weighted by atomic mass is 35.5. The molecule has 1 saturated carbocycles. The molecule has 2 aliphatic rings. The molecule has 1 heterocycles. The topological polar surface area (TPSA) is 55.6 Å². The summed E-state index contributed by atoms with van der Waals surface area (Å²) >= 11 is 0. The molecule has 5 heteroatoms. The third kappa shape index (κ3) is 4.95. The van der Waals surface area contributed by atoms with E-state index in [4.69, 9.17) is 10.5 Å². The van der Waals surface area contributed by atoms with E-state index in [-0.39, 0.29) is 30.4 Å². The van der Waals surface area contributed by atoms with Gasteiger partial charge in [-0.1, -0.05) is 36.8 Å². The Morgan fingerprint density at radius 3 is 2.67 bits per heavy atom. The molecule has 4 nitrogen and oxygen atoms in total. The van der Waals surface area contributed by atoms with Crippen molar-refractivity contribution in [2.75, 3.05) is 19.8 Å². The molecule has 0 radical (unpaired) electrons. The van der Waals surface area contributed by atoms with E-state index in [0.29, 0.717) is 12.5 Å². The summed E-state index contributed by atoms with van der Waals surface area (Å²) in [5.41, 5.74) is 7.37. The van der Waals surface area contributed by atoms with Gasteiger partial charge >= 0.3 is 0 Å². The second-order valence-corrected chi connectivity index (χ2v) is 6.91. The predicted octanol–water partition coefficient (Wildman–Crippen LogP) is 2.79. The van der Waals surface area contributed by atoms with Gasteiger partial charge in [-0.15, -0.1) is 12.4 Å². The lowest BCUT2D eigenvalue weighted by atomic mass is 9.85. The van der Waals surface area contributed by atoms with Crippen LogP contribution < -0.4 is 5.73 Å². The zero-order valence-electron chi connectivity index (χ0n) is 14.2. The number of nitrogens with two attached hydrogens (primary N) is 1. The van der Waals surface area contributed by atoms with Crippen molar-refractivity contribution < 1.29 is 9.53 Å². The number of nitrogens with zero attached hydrogens (tertiary/aromatic N) is 1. The van der Waals surface area contributed by atoms with Crippen LogP contribution in [0.25, 0.3) is 0 Å². The summed E-state index contributed by atoms with van der Waals surface area (Å²) in [4.78, 5) is 15.2. The first kappa shape index (κ1) is 19.2. The lowest BCUT2D eigenvalue weighted by molar-refractivity contribution is -0.139. The molecule has 3 rings (SSSR count). The molecule has 24 heavy (non-hydrogen) atoms. The first-order valence-electron chi connectivity index (χ1n) is 8.92. The maximum Gasteiger partial charge on any atom is 0.226 e. The molecule has 0 aromatic heterocycles. The third-order valence-corrected chi connectivity index (χ3v) is 5.18. The Balaban J connectivity index is 0.00000208. The Bertz CT molecular complexity index is 505. The summed E-state index contributed by atoms with van der Waals surface area (Å²) in [6.07, 6.45) is 5.82. The number of carbonyl (C=O) groups is 1. The molecule has 1 aliphatic heterocycles. The van der Waals surface area contributed by atoms with Crippen molar-refractivity contribution in [2.45, 2.75) is 50.6 Å². The van der Waals surface area contributed by atoms with E-state index in [9.17, 15) is 4.79 Å². The van der Waals surface area contributed by atoms with Crippen molar-refractivity contribution in [3.8, 4) is 0 Å². The van der Waals surface area contributed by atoms with E-state index in [0.717, 1.165) is 51.7 Å². The standard InChI is InChI=1S/C19H28N2O2.ClH/c20-17-8-4-7-16(13-17)19(22)21(18-10-12-23-14-18)11-9-15-5-2-1-3-6-15;/h1-3,5-6,16-18H,4,7-14,20H2;1H. The summed E-state index contributed by atoms with van der Waals surface area (Å²) in [6, 6.07) is 10.8. The summed E-state index contributed by atoms with van der Waals surface area (Å²) < 4.78 is 5.53. The number of hydrogen-bond donors (Lipinski definition) is 1. The van der Waals surface area contributed by atoms with Crippen LogP contribution in [-0.2, 0) is 16.0 Å². The summed E-state index contributed by atoms with van der Waals surface area (Å²) in [6.45, 7) is 2.23. The van der Waals surface area contributed by atoms with Crippen LogP contribution in [0.2, 0.25) is 0 Å². The van der Waals surface area contributed by atoms with Crippen molar-refractivity contribution in [3.63, 3.8) is 0 Å².